The average Bonchev–Trinajstić information content (AvgIpc) is 3.08. The molecule has 94 valence electrons. The van der Waals surface area contributed by atoms with Gasteiger partial charge in [-0.15, -0.1) is 0 Å². The first-order valence-corrected chi connectivity index (χ1v) is 5.95. The van der Waals surface area contributed by atoms with Crippen molar-refractivity contribution in [3.8, 4) is 0 Å². The van der Waals surface area contributed by atoms with Crippen molar-refractivity contribution in [1.29, 1.82) is 0 Å². The molecule has 1 heterocycles. The molecule has 0 unspecified atom stereocenters. The molecule has 0 radical (unpaired) electrons. The van der Waals surface area contributed by atoms with Crippen LogP contribution in [0.4, 0.5) is 19.1 Å². The lowest BCUT2D eigenvalue weighted by Crippen LogP contribution is -2.14. The van der Waals surface area contributed by atoms with Gasteiger partial charge in [0.25, 0.3) is 0 Å². The molecule has 1 aromatic heterocycles. The summed E-state index contributed by atoms with van der Waals surface area (Å²) in [5.74, 6) is 0.713. The van der Waals surface area contributed by atoms with E-state index in [0.29, 0.717) is 18.0 Å². The molecule has 1 aliphatic carbocycles. The molecule has 0 saturated heterocycles. The zero-order chi connectivity index (χ0) is 12.5. The minimum Gasteiger partial charge on any atom is -0.353 e. The van der Waals surface area contributed by atoms with E-state index in [0.717, 1.165) is 18.9 Å². The fraction of sp³-hybridized carbons (Fsp3) is 0.600. The molecular weight excluding hydrogens is 251 g/mol. The van der Waals surface area contributed by atoms with Crippen molar-refractivity contribution in [2.75, 3.05) is 17.6 Å². The molecule has 1 saturated carbocycles. The van der Waals surface area contributed by atoms with E-state index in [1.807, 2.05) is 0 Å². The molecule has 0 bridgehead atoms. The Kier molecular flexibility index (Phi) is 3.46. The van der Waals surface area contributed by atoms with E-state index >= 15 is 0 Å². The van der Waals surface area contributed by atoms with E-state index in [4.69, 9.17) is 0 Å². The quantitative estimate of drug-likeness (QED) is 0.820. The van der Waals surface area contributed by atoms with E-state index in [1.165, 1.54) is 0 Å². The molecule has 7 heteroatoms. The van der Waals surface area contributed by atoms with Crippen molar-refractivity contribution in [2.45, 2.75) is 24.9 Å². The highest BCUT2D eigenvalue weighted by Gasteiger charge is 2.35. The summed E-state index contributed by atoms with van der Waals surface area (Å²) in [5, 5.41) is 2.73. The highest BCUT2D eigenvalue weighted by atomic mass is 32.1. The van der Waals surface area contributed by atoms with Crippen molar-refractivity contribution in [1.82, 2.24) is 9.97 Å². The molecule has 0 atom stereocenters. The van der Waals surface area contributed by atoms with Gasteiger partial charge in [-0.1, -0.05) is 0 Å². The SMILES string of the molecule is FC(F)(F)c1cc(C2CC2)nc(NCCS)n1. The van der Waals surface area contributed by atoms with Crippen LogP contribution >= 0.6 is 12.6 Å². The second-order valence-corrected chi connectivity index (χ2v) is 4.37. The van der Waals surface area contributed by atoms with Gasteiger partial charge in [-0.25, -0.2) is 9.97 Å². The summed E-state index contributed by atoms with van der Waals surface area (Å²) in [7, 11) is 0. The van der Waals surface area contributed by atoms with Crippen molar-refractivity contribution >= 4 is 18.6 Å². The van der Waals surface area contributed by atoms with Gasteiger partial charge in [-0.3, -0.25) is 0 Å². The zero-order valence-corrected chi connectivity index (χ0v) is 9.85. The number of alkyl halides is 3. The van der Waals surface area contributed by atoms with E-state index in [-0.39, 0.29) is 11.9 Å². The van der Waals surface area contributed by atoms with E-state index in [9.17, 15) is 13.2 Å². The zero-order valence-electron chi connectivity index (χ0n) is 8.96. The van der Waals surface area contributed by atoms with Gasteiger partial charge in [0.1, 0.15) is 5.69 Å². The average molecular weight is 263 g/mol. The molecule has 0 spiro atoms. The molecule has 1 aliphatic rings. The topological polar surface area (TPSA) is 37.8 Å². The van der Waals surface area contributed by atoms with E-state index in [2.05, 4.69) is 27.9 Å². The molecule has 1 aromatic rings. The maximum Gasteiger partial charge on any atom is 0.433 e. The van der Waals surface area contributed by atoms with E-state index in [1.54, 1.807) is 0 Å². The predicted molar refractivity (Wildman–Crippen MR) is 61.4 cm³/mol. The largest absolute Gasteiger partial charge is 0.433 e. The second kappa shape index (κ2) is 4.72. The molecule has 1 fully saturated rings. The Bertz CT molecular complexity index is 404. The van der Waals surface area contributed by atoms with Crippen molar-refractivity contribution < 1.29 is 13.2 Å². The molecular formula is C10H12F3N3S. The second-order valence-electron chi connectivity index (χ2n) is 3.92. The third-order valence-electron chi connectivity index (χ3n) is 2.43. The summed E-state index contributed by atoms with van der Waals surface area (Å²) in [4.78, 5) is 7.56. The van der Waals surface area contributed by atoms with E-state index < -0.39 is 11.9 Å². The molecule has 2 rings (SSSR count). The van der Waals surface area contributed by atoms with Gasteiger partial charge < -0.3 is 5.32 Å². The Labute approximate surface area is 102 Å². The minimum absolute atomic E-state index is 0.0378. The summed E-state index contributed by atoms with van der Waals surface area (Å²) in [6, 6.07) is 1.05. The maximum atomic E-state index is 12.6. The summed E-state index contributed by atoms with van der Waals surface area (Å²) in [6.45, 7) is 0.439. The van der Waals surface area contributed by atoms with Crippen LogP contribution in [0.25, 0.3) is 0 Å². The summed E-state index contributed by atoms with van der Waals surface area (Å²) < 4.78 is 37.9. The first-order valence-electron chi connectivity index (χ1n) is 5.31. The Hall–Kier alpha value is -0.980. The van der Waals surface area contributed by atoms with Gasteiger partial charge in [-0.05, 0) is 18.9 Å². The summed E-state index contributed by atoms with van der Waals surface area (Å²) in [5.41, 5.74) is -0.398. The normalized spacial score (nSPS) is 16.0. The van der Waals surface area contributed by atoms with Gasteiger partial charge in [0.15, 0.2) is 0 Å². The predicted octanol–water partition coefficient (Wildman–Crippen LogP) is 2.71. The lowest BCUT2D eigenvalue weighted by molar-refractivity contribution is -0.141. The molecule has 17 heavy (non-hydrogen) atoms. The Morgan fingerprint density at radius 2 is 2.06 bits per heavy atom. The highest BCUT2D eigenvalue weighted by molar-refractivity contribution is 7.80. The highest BCUT2D eigenvalue weighted by Crippen LogP contribution is 2.40. The van der Waals surface area contributed by atoms with Crippen LogP contribution in [0.2, 0.25) is 0 Å². The Morgan fingerprint density at radius 3 is 2.59 bits per heavy atom. The Morgan fingerprint density at radius 1 is 1.35 bits per heavy atom. The van der Waals surface area contributed by atoms with Crippen LogP contribution in [0.1, 0.15) is 30.1 Å². The molecule has 0 aliphatic heterocycles. The van der Waals surface area contributed by atoms with Crippen LogP contribution in [0.15, 0.2) is 6.07 Å². The monoisotopic (exact) mass is 263 g/mol. The first kappa shape index (κ1) is 12.5. The fourth-order valence-electron chi connectivity index (χ4n) is 1.45. The number of nitrogens with one attached hydrogen (secondary N) is 1. The molecule has 0 amide bonds. The number of aromatic nitrogens is 2. The first-order chi connectivity index (χ1) is 8.00. The third-order valence-corrected chi connectivity index (χ3v) is 2.65. The molecule has 1 N–H and O–H groups in total. The van der Waals surface area contributed by atoms with Gasteiger partial charge in [-0.2, -0.15) is 25.8 Å². The number of anilines is 1. The van der Waals surface area contributed by atoms with Crippen LogP contribution in [-0.2, 0) is 6.18 Å². The van der Waals surface area contributed by atoms with Gasteiger partial charge in [0.2, 0.25) is 5.95 Å². The molecule has 0 aromatic carbocycles. The van der Waals surface area contributed by atoms with Gasteiger partial charge in [0, 0.05) is 23.9 Å². The minimum atomic E-state index is -4.43. The van der Waals surface area contributed by atoms with Crippen molar-refractivity contribution in [3.05, 3.63) is 17.5 Å². The number of halogens is 3. The molecule has 3 nitrogen and oxygen atoms in total. The van der Waals surface area contributed by atoms with Crippen LogP contribution in [0, 0.1) is 0 Å². The number of thiol groups is 1. The van der Waals surface area contributed by atoms with Crippen LogP contribution < -0.4 is 5.32 Å². The fourth-order valence-corrected chi connectivity index (χ4v) is 1.56. The van der Waals surface area contributed by atoms with Crippen LogP contribution in [0.3, 0.4) is 0 Å². The van der Waals surface area contributed by atoms with Crippen molar-refractivity contribution in [3.63, 3.8) is 0 Å². The number of hydrogen-bond donors (Lipinski definition) is 2. The lowest BCUT2D eigenvalue weighted by atomic mass is 10.2. The van der Waals surface area contributed by atoms with Crippen LogP contribution in [0.5, 0.6) is 0 Å². The summed E-state index contributed by atoms with van der Waals surface area (Å²) >= 11 is 3.97. The standard InChI is InChI=1S/C10H12F3N3S/c11-10(12,13)8-5-7(6-1-2-6)15-9(16-8)14-3-4-17/h5-6,17H,1-4H2,(H,14,15,16). The summed E-state index contributed by atoms with van der Waals surface area (Å²) in [6.07, 6.45) is -2.62. The van der Waals surface area contributed by atoms with Crippen LogP contribution in [-0.4, -0.2) is 22.3 Å². The third kappa shape index (κ3) is 3.24. The van der Waals surface area contributed by atoms with Gasteiger partial charge >= 0.3 is 6.18 Å². The van der Waals surface area contributed by atoms with Crippen molar-refractivity contribution in [2.24, 2.45) is 0 Å². The van der Waals surface area contributed by atoms with Gasteiger partial charge in [0.05, 0.1) is 0 Å². The number of nitrogens with zero attached hydrogens (tertiary/aromatic N) is 2. The maximum absolute atomic E-state index is 12.6. The lowest BCUT2D eigenvalue weighted by Gasteiger charge is -2.10. The Balaban J connectivity index is 2.28. The number of rotatable bonds is 4. The smallest absolute Gasteiger partial charge is 0.353 e. The number of hydrogen-bond acceptors (Lipinski definition) is 4.